The Labute approximate surface area is 104 Å². The topological polar surface area (TPSA) is 24.9 Å². The minimum atomic E-state index is 0.750. The Bertz CT molecular complexity index is 494. The number of aryl methyl sites for hydroxylation is 1. The predicted molar refractivity (Wildman–Crippen MR) is 70.1 cm³/mol. The van der Waals surface area contributed by atoms with Crippen LogP contribution < -0.4 is 5.32 Å². The second-order valence-corrected chi connectivity index (χ2v) is 5.09. The van der Waals surface area contributed by atoms with E-state index in [-0.39, 0.29) is 0 Å². The molecule has 1 heterocycles. The molecule has 0 amide bonds. The Kier molecular flexibility index (Phi) is 3.59. The van der Waals surface area contributed by atoms with Gasteiger partial charge >= 0.3 is 0 Å². The minimum absolute atomic E-state index is 0.750. The average molecular weight is 253 g/mol. The summed E-state index contributed by atoms with van der Waals surface area (Å²) in [6.45, 7) is 2.90. The van der Waals surface area contributed by atoms with Crippen molar-refractivity contribution < 1.29 is 0 Å². The molecule has 0 radical (unpaired) electrons. The van der Waals surface area contributed by atoms with Crippen LogP contribution in [0.1, 0.15) is 10.6 Å². The van der Waals surface area contributed by atoms with Gasteiger partial charge in [-0.25, -0.2) is 4.98 Å². The first kappa shape index (κ1) is 11.6. The molecule has 0 bridgehead atoms. The van der Waals surface area contributed by atoms with Crippen LogP contribution in [0.5, 0.6) is 0 Å². The summed E-state index contributed by atoms with van der Waals surface area (Å²) in [5, 5.41) is 4.93. The van der Waals surface area contributed by atoms with E-state index in [1.54, 1.807) is 11.3 Å². The minimum Gasteiger partial charge on any atom is -0.315 e. The monoisotopic (exact) mass is 252 g/mol. The zero-order chi connectivity index (χ0) is 11.5. The van der Waals surface area contributed by atoms with Crippen molar-refractivity contribution in [2.24, 2.45) is 0 Å². The van der Waals surface area contributed by atoms with Gasteiger partial charge in [0.05, 0.1) is 5.69 Å². The fourth-order valence-electron chi connectivity index (χ4n) is 1.50. The number of nitrogens with zero attached hydrogens (tertiary/aromatic N) is 1. The van der Waals surface area contributed by atoms with Crippen LogP contribution in [-0.4, -0.2) is 12.0 Å². The Morgan fingerprint density at radius 1 is 1.44 bits per heavy atom. The van der Waals surface area contributed by atoms with Gasteiger partial charge in [0.25, 0.3) is 0 Å². The van der Waals surface area contributed by atoms with E-state index in [1.807, 2.05) is 38.2 Å². The summed E-state index contributed by atoms with van der Waals surface area (Å²) in [6.07, 6.45) is 0. The van der Waals surface area contributed by atoms with Gasteiger partial charge in [-0.05, 0) is 26.1 Å². The average Bonchev–Trinajstić information content (AvgIpc) is 2.61. The number of nitrogens with one attached hydrogen (secondary N) is 1. The molecule has 2 nitrogen and oxygen atoms in total. The van der Waals surface area contributed by atoms with Crippen LogP contribution in [0.2, 0.25) is 5.02 Å². The number of hydrogen-bond donors (Lipinski definition) is 1. The highest BCUT2D eigenvalue weighted by Crippen LogP contribution is 2.29. The van der Waals surface area contributed by atoms with Crippen molar-refractivity contribution in [2.45, 2.75) is 13.5 Å². The number of halogens is 1. The summed E-state index contributed by atoms with van der Waals surface area (Å²) in [4.78, 5) is 5.84. The first-order valence-electron chi connectivity index (χ1n) is 5.07. The van der Waals surface area contributed by atoms with E-state index < -0.39 is 0 Å². The SMILES string of the molecule is CNCc1sc(-c2cccc(Cl)c2)nc1C. The summed E-state index contributed by atoms with van der Waals surface area (Å²) in [5.41, 5.74) is 2.18. The van der Waals surface area contributed by atoms with Crippen molar-refractivity contribution in [3.8, 4) is 10.6 Å². The standard InChI is InChI=1S/C12H13ClN2S/c1-8-11(7-14-2)16-12(15-8)9-4-3-5-10(13)6-9/h3-6,14H,7H2,1-2H3. The van der Waals surface area contributed by atoms with Gasteiger partial charge in [0.15, 0.2) is 0 Å². The van der Waals surface area contributed by atoms with Crippen LogP contribution in [-0.2, 0) is 6.54 Å². The molecule has 0 atom stereocenters. The third-order valence-corrected chi connectivity index (χ3v) is 3.74. The lowest BCUT2D eigenvalue weighted by Gasteiger charge is -1.96. The molecule has 0 aliphatic heterocycles. The number of aromatic nitrogens is 1. The molecule has 0 aliphatic carbocycles. The second-order valence-electron chi connectivity index (χ2n) is 3.57. The molecule has 0 saturated heterocycles. The fraction of sp³-hybridized carbons (Fsp3) is 0.250. The van der Waals surface area contributed by atoms with Gasteiger partial charge in [-0.15, -0.1) is 11.3 Å². The van der Waals surface area contributed by atoms with Crippen molar-refractivity contribution >= 4 is 22.9 Å². The Morgan fingerprint density at radius 2 is 2.25 bits per heavy atom. The van der Waals surface area contributed by atoms with E-state index in [0.29, 0.717) is 0 Å². The molecule has 0 spiro atoms. The third kappa shape index (κ3) is 2.43. The normalized spacial score (nSPS) is 10.7. The molecule has 0 fully saturated rings. The summed E-state index contributed by atoms with van der Waals surface area (Å²) >= 11 is 7.68. The molecule has 84 valence electrons. The Morgan fingerprint density at radius 3 is 2.94 bits per heavy atom. The van der Waals surface area contributed by atoms with Crippen LogP contribution in [0.25, 0.3) is 10.6 Å². The van der Waals surface area contributed by atoms with Crippen molar-refractivity contribution in [1.82, 2.24) is 10.3 Å². The molecule has 16 heavy (non-hydrogen) atoms. The molecule has 1 aromatic heterocycles. The fourth-order valence-corrected chi connectivity index (χ4v) is 2.76. The molecule has 1 aromatic carbocycles. The first-order chi connectivity index (χ1) is 7.70. The smallest absolute Gasteiger partial charge is 0.123 e. The van der Waals surface area contributed by atoms with Crippen molar-refractivity contribution in [2.75, 3.05) is 7.05 Å². The van der Waals surface area contributed by atoms with Gasteiger partial charge in [0.2, 0.25) is 0 Å². The lowest BCUT2D eigenvalue weighted by molar-refractivity contribution is 0.823. The van der Waals surface area contributed by atoms with Crippen LogP contribution in [0.15, 0.2) is 24.3 Å². The summed E-state index contributed by atoms with van der Waals surface area (Å²) in [7, 11) is 1.94. The van der Waals surface area contributed by atoms with E-state index in [0.717, 1.165) is 27.8 Å². The Balaban J connectivity index is 2.37. The zero-order valence-corrected chi connectivity index (χ0v) is 10.8. The summed E-state index contributed by atoms with van der Waals surface area (Å²) in [5.74, 6) is 0. The van der Waals surface area contributed by atoms with Gasteiger partial charge in [-0.1, -0.05) is 23.7 Å². The molecule has 0 aliphatic rings. The second kappa shape index (κ2) is 4.95. The van der Waals surface area contributed by atoms with Gasteiger partial charge in [0.1, 0.15) is 5.01 Å². The van der Waals surface area contributed by atoms with E-state index in [9.17, 15) is 0 Å². The number of hydrogen-bond acceptors (Lipinski definition) is 3. The van der Waals surface area contributed by atoms with Gasteiger partial charge in [0, 0.05) is 22.0 Å². The van der Waals surface area contributed by atoms with Crippen molar-refractivity contribution in [3.63, 3.8) is 0 Å². The molecule has 2 rings (SSSR count). The molecule has 4 heteroatoms. The zero-order valence-electron chi connectivity index (χ0n) is 9.25. The maximum atomic E-state index is 5.97. The predicted octanol–water partition coefficient (Wildman–Crippen LogP) is 3.49. The van der Waals surface area contributed by atoms with Gasteiger partial charge in [-0.2, -0.15) is 0 Å². The molecular formula is C12H13ClN2S. The van der Waals surface area contributed by atoms with E-state index in [4.69, 9.17) is 11.6 Å². The highest BCUT2D eigenvalue weighted by atomic mass is 35.5. The van der Waals surface area contributed by atoms with Gasteiger partial charge < -0.3 is 5.32 Å². The Hall–Kier alpha value is -0.900. The van der Waals surface area contributed by atoms with E-state index in [2.05, 4.69) is 10.3 Å². The molecule has 0 unspecified atom stereocenters. The highest BCUT2D eigenvalue weighted by molar-refractivity contribution is 7.15. The maximum absolute atomic E-state index is 5.97. The molecule has 2 aromatic rings. The van der Waals surface area contributed by atoms with E-state index in [1.165, 1.54) is 4.88 Å². The van der Waals surface area contributed by atoms with E-state index >= 15 is 0 Å². The van der Waals surface area contributed by atoms with Crippen molar-refractivity contribution in [1.29, 1.82) is 0 Å². The molecule has 1 N–H and O–H groups in total. The van der Waals surface area contributed by atoms with Crippen LogP contribution >= 0.6 is 22.9 Å². The lowest BCUT2D eigenvalue weighted by Crippen LogP contribution is -2.04. The number of rotatable bonds is 3. The largest absolute Gasteiger partial charge is 0.315 e. The quantitative estimate of drug-likeness (QED) is 0.905. The van der Waals surface area contributed by atoms with Crippen molar-refractivity contribution in [3.05, 3.63) is 39.9 Å². The van der Waals surface area contributed by atoms with Crippen LogP contribution in [0.3, 0.4) is 0 Å². The third-order valence-electron chi connectivity index (χ3n) is 2.30. The molecule has 0 saturated carbocycles. The van der Waals surface area contributed by atoms with Gasteiger partial charge in [-0.3, -0.25) is 0 Å². The van der Waals surface area contributed by atoms with Crippen LogP contribution in [0.4, 0.5) is 0 Å². The summed E-state index contributed by atoms with van der Waals surface area (Å²) < 4.78 is 0. The highest BCUT2D eigenvalue weighted by Gasteiger charge is 2.08. The number of benzene rings is 1. The summed E-state index contributed by atoms with van der Waals surface area (Å²) in [6, 6.07) is 7.81. The van der Waals surface area contributed by atoms with Crippen LogP contribution in [0, 0.1) is 6.92 Å². The first-order valence-corrected chi connectivity index (χ1v) is 6.27. The lowest BCUT2D eigenvalue weighted by atomic mass is 10.2. The number of thiazole rings is 1. The maximum Gasteiger partial charge on any atom is 0.123 e. The molecular weight excluding hydrogens is 240 g/mol.